The van der Waals surface area contributed by atoms with Crippen molar-refractivity contribution in [1.29, 1.82) is 0 Å². The van der Waals surface area contributed by atoms with Crippen molar-refractivity contribution in [2.24, 2.45) is 41.4 Å². The molecule has 26 heavy (non-hydrogen) atoms. The number of carbonyl (C=O) groups is 2. The van der Waals surface area contributed by atoms with Gasteiger partial charge in [-0.2, -0.15) is 12.8 Å². The van der Waals surface area contributed by atoms with E-state index in [0.717, 1.165) is 18.3 Å². The number of carbonyl (C=O) groups excluding carboxylic acids is 1. The Morgan fingerprint density at radius 3 is 2.35 bits per heavy atom. The van der Waals surface area contributed by atoms with Crippen LogP contribution in [0.5, 0.6) is 0 Å². The molecule has 2 bridgehead atoms. The van der Waals surface area contributed by atoms with Gasteiger partial charge in [0.05, 0.1) is 7.11 Å². The summed E-state index contributed by atoms with van der Waals surface area (Å²) in [4.78, 5) is 24.0. The molecular weight excluding hydrogens is 482 g/mol. The van der Waals surface area contributed by atoms with Crippen molar-refractivity contribution in [1.82, 2.24) is 0 Å². The van der Waals surface area contributed by atoms with E-state index in [1.54, 1.807) is 6.92 Å². The fourth-order valence-electron chi connectivity index (χ4n) is 6.51. The molecule has 0 aliphatic heterocycles. The van der Waals surface area contributed by atoms with Gasteiger partial charge >= 0.3 is 0 Å². The zero-order valence-corrected chi connectivity index (χ0v) is 22.1. The minimum absolute atomic E-state index is 0. The molecule has 3 fully saturated rings. The third kappa shape index (κ3) is 4.10. The Balaban J connectivity index is 0.00000169. The molecule has 0 heterocycles. The number of fused-ring (bicyclic) bond motifs is 5. The van der Waals surface area contributed by atoms with Gasteiger partial charge in [0.1, 0.15) is 11.9 Å². The summed E-state index contributed by atoms with van der Waals surface area (Å²) in [6.07, 6.45) is 6.26. The average molecular weight is 512 g/mol. The van der Waals surface area contributed by atoms with Gasteiger partial charge < -0.3 is 21.7 Å². The third-order valence-electron chi connectivity index (χ3n) is 7.43. The standard InChI is InChI=1S/C20H30O4.2Y/c1-5-12-7-6-8-13-15-9-14(18(12)13)10(2)16(15)17(20(23)24-4)11(3)19(21)22;;/h10,12-16,18H,5-9H2,1-4H3,(H,21,22);;/q-2;;. The van der Waals surface area contributed by atoms with Crippen molar-refractivity contribution in [2.45, 2.75) is 52.9 Å². The summed E-state index contributed by atoms with van der Waals surface area (Å²) in [5.74, 6) is 2.92. The molecule has 142 valence electrons. The molecule has 0 aromatic rings. The maximum atomic E-state index is 12.4. The van der Waals surface area contributed by atoms with E-state index in [9.17, 15) is 14.7 Å². The van der Waals surface area contributed by atoms with Gasteiger partial charge in [0.15, 0.2) is 0 Å². The molecule has 1 N–H and O–H groups in total. The monoisotopic (exact) mass is 512 g/mol. The van der Waals surface area contributed by atoms with Gasteiger partial charge in [-0.3, -0.25) is 9.59 Å². The Labute approximate surface area is 208 Å². The van der Waals surface area contributed by atoms with Gasteiger partial charge in [-0.25, -0.2) is 0 Å². The van der Waals surface area contributed by atoms with Crippen LogP contribution in [-0.4, -0.2) is 24.2 Å². The van der Waals surface area contributed by atoms with Crippen LogP contribution in [0.2, 0.25) is 0 Å². The van der Waals surface area contributed by atoms with E-state index >= 15 is 0 Å². The summed E-state index contributed by atoms with van der Waals surface area (Å²) in [6.45, 7) is 6.08. The second-order valence-electron chi connectivity index (χ2n) is 8.12. The molecule has 3 rings (SSSR count). The van der Waals surface area contributed by atoms with Crippen LogP contribution in [-0.2, 0) is 79.7 Å². The van der Waals surface area contributed by atoms with Crippen LogP contribution in [0.25, 0.3) is 0 Å². The molecule has 7 unspecified atom stereocenters. The first-order chi connectivity index (χ1) is 11.4. The molecule has 2 radical (unpaired) electrons. The first-order valence-corrected chi connectivity index (χ1v) is 9.44. The summed E-state index contributed by atoms with van der Waals surface area (Å²) >= 11 is 0. The molecule has 3 saturated carbocycles. The van der Waals surface area contributed by atoms with E-state index < -0.39 is 11.9 Å². The minimum atomic E-state index is -1.00. The number of hydrogen-bond acceptors (Lipinski definition) is 3. The number of carboxylic acids is 1. The number of aliphatic carboxylic acids is 1. The fourth-order valence-corrected chi connectivity index (χ4v) is 6.51. The molecule has 3 aliphatic rings. The zero-order valence-electron chi connectivity index (χ0n) is 16.4. The van der Waals surface area contributed by atoms with E-state index in [-0.39, 0.29) is 77.3 Å². The van der Waals surface area contributed by atoms with Crippen molar-refractivity contribution in [3.05, 3.63) is 11.8 Å². The zero-order chi connectivity index (χ0) is 17.6. The Bertz CT molecular complexity index is 510. The van der Waals surface area contributed by atoms with Crippen LogP contribution in [0.3, 0.4) is 0 Å². The number of carboxylic acid groups (broad SMARTS) is 1. The van der Waals surface area contributed by atoms with E-state index in [0.29, 0.717) is 29.6 Å². The Hall–Kier alpha value is 0.888. The van der Waals surface area contributed by atoms with Crippen LogP contribution >= 0.6 is 0 Å². The van der Waals surface area contributed by atoms with Gasteiger partial charge in [-0.05, 0) is 36.5 Å². The smallest absolute Gasteiger partial charge is 0.143 e. The quantitative estimate of drug-likeness (QED) is 0.451. The largest absolute Gasteiger partial charge is 0.505 e. The topological polar surface area (TPSA) is 63.6 Å². The Kier molecular flexibility index (Phi) is 9.66. The van der Waals surface area contributed by atoms with Crippen LogP contribution in [0, 0.1) is 53.3 Å². The summed E-state index contributed by atoms with van der Waals surface area (Å²) in [5, 5.41) is 9.46. The molecule has 3 aliphatic carbocycles. The van der Waals surface area contributed by atoms with Crippen molar-refractivity contribution in [3.63, 3.8) is 0 Å². The summed E-state index contributed by atoms with van der Waals surface area (Å²) < 4.78 is 4.97. The molecule has 4 nitrogen and oxygen atoms in total. The number of methoxy groups -OCH3 is 1. The van der Waals surface area contributed by atoms with Crippen LogP contribution in [0.4, 0.5) is 0 Å². The fraction of sp³-hybridized carbons (Fsp3) is 0.800. The van der Waals surface area contributed by atoms with Crippen molar-refractivity contribution in [2.75, 3.05) is 7.11 Å². The Morgan fingerprint density at radius 1 is 1.15 bits per heavy atom. The van der Waals surface area contributed by atoms with Crippen molar-refractivity contribution >= 4 is 11.9 Å². The second-order valence-corrected chi connectivity index (χ2v) is 8.12. The third-order valence-corrected chi connectivity index (χ3v) is 7.43. The number of esters is 1. The Morgan fingerprint density at radius 2 is 1.81 bits per heavy atom. The van der Waals surface area contributed by atoms with Crippen molar-refractivity contribution < 1.29 is 84.9 Å². The predicted octanol–water partition coefficient (Wildman–Crippen LogP) is 3.75. The summed E-state index contributed by atoms with van der Waals surface area (Å²) in [7, 11) is 1.35. The van der Waals surface area contributed by atoms with Crippen LogP contribution in [0.1, 0.15) is 52.9 Å². The minimum Gasteiger partial charge on any atom is -0.505 e. The van der Waals surface area contributed by atoms with E-state index in [1.165, 1.54) is 32.8 Å². The maximum Gasteiger partial charge on any atom is 0.143 e. The average Bonchev–Trinajstić information content (AvgIpc) is 3.11. The van der Waals surface area contributed by atoms with Crippen LogP contribution < -0.4 is 0 Å². The normalized spacial score (nSPS) is 37.0. The number of hydrogen-bond donors (Lipinski definition) is 1. The van der Waals surface area contributed by atoms with Gasteiger partial charge in [0, 0.05) is 65.4 Å². The van der Waals surface area contributed by atoms with Gasteiger partial charge in [0.2, 0.25) is 0 Å². The van der Waals surface area contributed by atoms with E-state index in [1.807, 2.05) is 0 Å². The summed E-state index contributed by atoms with van der Waals surface area (Å²) in [6, 6.07) is 0. The van der Waals surface area contributed by atoms with Gasteiger partial charge in [0.25, 0.3) is 0 Å². The maximum absolute atomic E-state index is 12.4. The van der Waals surface area contributed by atoms with Crippen molar-refractivity contribution in [3.8, 4) is 0 Å². The molecule has 0 amide bonds. The molecule has 0 aromatic heterocycles. The second kappa shape index (κ2) is 10.1. The van der Waals surface area contributed by atoms with Crippen LogP contribution in [0.15, 0.2) is 0 Å². The predicted molar refractivity (Wildman–Crippen MR) is 90.7 cm³/mol. The first-order valence-electron chi connectivity index (χ1n) is 9.44. The molecule has 0 spiro atoms. The van der Waals surface area contributed by atoms with E-state index in [2.05, 4.69) is 13.8 Å². The molecule has 7 atom stereocenters. The number of rotatable bonds is 5. The molecule has 0 saturated heterocycles. The first kappa shape index (κ1) is 24.9. The number of ether oxygens (including phenoxy) is 1. The van der Waals surface area contributed by atoms with Gasteiger partial charge in [-0.1, -0.05) is 44.9 Å². The summed E-state index contributed by atoms with van der Waals surface area (Å²) in [5.41, 5.74) is 0. The molecule has 6 heteroatoms. The molecule has 0 aromatic carbocycles. The van der Waals surface area contributed by atoms with E-state index in [4.69, 9.17) is 4.74 Å². The molecular formula is C20H30O4Y2-2. The SMILES string of the molecule is CCC1CCCC2C3CC(C(C)C3[C-](C(=O)OC)[C-](C)C(=O)O)C12.[Y].[Y]. The van der Waals surface area contributed by atoms with Gasteiger partial charge in [-0.15, -0.1) is 0 Å².